The molecule has 0 aliphatic rings. The molecule has 0 radical (unpaired) electrons. The van der Waals surface area contributed by atoms with Crippen molar-refractivity contribution in [1.82, 2.24) is 5.32 Å². The average Bonchev–Trinajstić information content (AvgIpc) is 2.64. The lowest BCUT2D eigenvalue weighted by atomic mass is 9.99. The molecule has 0 bridgehead atoms. The lowest BCUT2D eigenvalue weighted by Gasteiger charge is -2.22. The van der Waals surface area contributed by atoms with Crippen molar-refractivity contribution >= 4 is 21.6 Å². The number of anilines is 1. The number of benzene rings is 1. The van der Waals surface area contributed by atoms with Crippen molar-refractivity contribution < 1.29 is 13.2 Å². The van der Waals surface area contributed by atoms with Gasteiger partial charge in [-0.1, -0.05) is 52.2 Å². The van der Waals surface area contributed by atoms with E-state index >= 15 is 0 Å². The van der Waals surface area contributed by atoms with Crippen LogP contribution in [0.1, 0.15) is 64.9 Å². The van der Waals surface area contributed by atoms with Crippen LogP contribution in [-0.4, -0.2) is 33.7 Å². The molecule has 1 amide bonds. The quantitative estimate of drug-likeness (QED) is 0.545. The van der Waals surface area contributed by atoms with E-state index < -0.39 is 10.0 Å². The van der Waals surface area contributed by atoms with Gasteiger partial charge < -0.3 is 5.32 Å². The molecule has 6 heteroatoms. The van der Waals surface area contributed by atoms with Gasteiger partial charge in [0.25, 0.3) is 0 Å². The van der Waals surface area contributed by atoms with Crippen LogP contribution in [0.25, 0.3) is 0 Å². The van der Waals surface area contributed by atoms with Crippen molar-refractivity contribution in [3.05, 3.63) is 29.8 Å². The number of aryl methyl sites for hydroxylation is 1. The summed E-state index contributed by atoms with van der Waals surface area (Å²) in [6.45, 7) is 7.41. The number of carbonyl (C=O) groups is 1. The van der Waals surface area contributed by atoms with Crippen LogP contribution >= 0.6 is 0 Å². The number of nitrogens with zero attached hydrogens (tertiary/aromatic N) is 1. The van der Waals surface area contributed by atoms with Gasteiger partial charge in [0.1, 0.15) is 0 Å². The van der Waals surface area contributed by atoms with Gasteiger partial charge in [-0.2, -0.15) is 0 Å². The van der Waals surface area contributed by atoms with E-state index in [4.69, 9.17) is 0 Å². The van der Waals surface area contributed by atoms with Gasteiger partial charge in [-0.25, -0.2) is 8.42 Å². The largest absolute Gasteiger partial charge is 0.356 e. The van der Waals surface area contributed by atoms with Crippen molar-refractivity contribution in [3.8, 4) is 0 Å². The molecule has 0 saturated heterocycles. The minimum atomic E-state index is -3.37. The second-order valence-corrected chi connectivity index (χ2v) is 9.09. The van der Waals surface area contributed by atoms with Crippen LogP contribution in [0.15, 0.2) is 24.3 Å². The smallest absolute Gasteiger partial charge is 0.232 e. The summed E-state index contributed by atoms with van der Waals surface area (Å²) in [5, 5.41) is 3.00. The van der Waals surface area contributed by atoms with Crippen LogP contribution in [0.3, 0.4) is 0 Å². The van der Waals surface area contributed by atoms with E-state index in [0.717, 1.165) is 19.3 Å². The molecule has 0 aliphatic carbocycles. The van der Waals surface area contributed by atoms with Crippen molar-refractivity contribution in [2.24, 2.45) is 5.92 Å². The molecule has 0 spiro atoms. The SMILES string of the molecule is CCCC[C@H](CC)CNC(=O)CCCN(c1ccc(CC)cc1)S(C)(=O)=O. The van der Waals surface area contributed by atoms with Crippen molar-refractivity contribution in [2.45, 2.75) is 65.7 Å². The Bertz CT molecular complexity index is 657. The zero-order valence-electron chi connectivity index (χ0n) is 17.3. The molecule has 0 unspecified atom stereocenters. The van der Waals surface area contributed by atoms with Crippen molar-refractivity contribution in [2.75, 3.05) is 23.7 Å². The highest BCUT2D eigenvalue weighted by atomic mass is 32.2. The van der Waals surface area contributed by atoms with E-state index in [1.807, 2.05) is 24.3 Å². The van der Waals surface area contributed by atoms with Gasteiger partial charge in [-0.05, 0) is 42.9 Å². The Kier molecular flexibility index (Phi) is 10.4. The number of amides is 1. The fourth-order valence-corrected chi connectivity index (χ4v) is 4.02. The Balaban J connectivity index is 2.52. The zero-order valence-corrected chi connectivity index (χ0v) is 18.1. The maximum Gasteiger partial charge on any atom is 0.232 e. The Morgan fingerprint density at radius 2 is 1.78 bits per heavy atom. The Morgan fingerprint density at radius 3 is 2.30 bits per heavy atom. The molecule has 27 heavy (non-hydrogen) atoms. The first kappa shape index (κ1) is 23.5. The first-order valence-electron chi connectivity index (χ1n) is 10.1. The minimum Gasteiger partial charge on any atom is -0.356 e. The van der Waals surface area contributed by atoms with Crippen molar-refractivity contribution in [3.63, 3.8) is 0 Å². The molecule has 1 N–H and O–H groups in total. The van der Waals surface area contributed by atoms with Gasteiger partial charge in [0.2, 0.25) is 15.9 Å². The minimum absolute atomic E-state index is 0.000250. The summed E-state index contributed by atoms with van der Waals surface area (Å²) in [7, 11) is -3.37. The summed E-state index contributed by atoms with van der Waals surface area (Å²) >= 11 is 0. The molecular formula is C21H36N2O3S. The molecule has 1 aromatic rings. The molecular weight excluding hydrogens is 360 g/mol. The predicted molar refractivity (Wildman–Crippen MR) is 114 cm³/mol. The second kappa shape index (κ2) is 12.0. The predicted octanol–water partition coefficient (Wildman–Crippen LogP) is 4.13. The standard InChI is InChI=1S/C21H36N2O3S/c1-5-8-10-19(7-3)17-22-21(24)11-9-16-23(27(4,25)26)20-14-12-18(6-2)13-15-20/h12-15,19H,5-11,16-17H2,1-4H3,(H,22,24)/t19-/m0/s1. The third kappa shape index (κ3) is 8.78. The molecule has 1 aromatic carbocycles. The average molecular weight is 397 g/mol. The number of hydrogen-bond donors (Lipinski definition) is 1. The van der Waals surface area contributed by atoms with Crippen LogP contribution in [0.4, 0.5) is 5.69 Å². The van der Waals surface area contributed by atoms with E-state index in [2.05, 4.69) is 26.1 Å². The number of rotatable bonds is 13. The number of hydrogen-bond acceptors (Lipinski definition) is 3. The molecule has 1 atom stereocenters. The summed E-state index contributed by atoms with van der Waals surface area (Å²) in [5.74, 6) is 0.526. The number of carbonyl (C=O) groups excluding carboxylic acids is 1. The highest BCUT2D eigenvalue weighted by molar-refractivity contribution is 7.92. The molecule has 0 aliphatic heterocycles. The first-order valence-corrected chi connectivity index (χ1v) is 12.0. The number of nitrogens with one attached hydrogen (secondary N) is 1. The van der Waals surface area contributed by atoms with Gasteiger partial charge >= 0.3 is 0 Å². The Labute approximate surface area is 165 Å². The Hall–Kier alpha value is -1.56. The summed E-state index contributed by atoms with van der Waals surface area (Å²) in [4.78, 5) is 12.1. The first-order chi connectivity index (χ1) is 12.8. The number of sulfonamides is 1. The third-order valence-electron chi connectivity index (χ3n) is 4.93. The van der Waals surface area contributed by atoms with Gasteiger partial charge in [-0.15, -0.1) is 0 Å². The van der Waals surface area contributed by atoms with Gasteiger partial charge in [0.15, 0.2) is 0 Å². The highest BCUT2D eigenvalue weighted by Gasteiger charge is 2.17. The highest BCUT2D eigenvalue weighted by Crippen LogP contribution is 2.19. The summed E-state index contributed by atoms with van der Waals surface area (Å²) in [6.07, 6.45) is 7.53. The fourth-order valence-electron chi connectivity index (χ4n) is 3.06. The van der Waals surface area contributed by atoms with Gasteiger partial charge in [-0.3, -0.25) is 9.10 Å². The van der Waals surface area contributed by atoms with Crippen LogP contribution in [0.5, 0.6) is 0 Å². The van der Waals surface area contributed by atoms with Crippen LogP contribution < -0.4 is 9.62 Å². The van der Waals surface area contributed by atoms with Crippen LogP contribution in [0.2, 0.25) is 0 Å². The summed E-state index contributed by atoms with van der Waals surface area (Å²) in [5.41, 5.74) is 1.82. The topological polar surface area (TPSA) is 66.5 Å². The van der Waals surface area contributed by atoms with E-state index in [1.54, 1.807) is 0 Å². The van der Waals surface area contributed by atoms with Crippen molar-refractivity contribution in [1.29, 1.82) is 0 Å². The maximum atomic E-state index is 12.1. The number of unbranched alkanes of at least 4 members (excludes halogenated alkanes) is 1. The summed E-state index contributed by atoms with van der Waals surface area (Å²) in [6, 6.07) is 7.56. The maximum absolute atomic E-state index is 12.1. The third-order valence-corrected chi connectivity index (χ3v) is 6.12. The lowest BCUT2D eigenvalue weighted by molar-refractivity contribution is -0.121. The van der Waals surface area contributed by atoms with E-state index in [1.165, 1.54) is 29.0 Å². The fraction of sp³-hybridized carbons (Fsp3) is 0.667. The molecule has 0 saturated carbocycles. The van der Waals surface area contributed by atoms with Gasteiger partial charge in [0, 0.05) is 19.5 Å². The molecule has 154 valence electrons. The second-order valence-electron chi connectivity index (χ2n) is 7.18. The van der Waals surface area contributed by atoms with Crippen LogP contribution in [-0.2, 0) is 21.2 Å². The van der Waals surface area contributed by atoms with E-state index in [-0.39, 0.29) is 5.91 Å². The molecule has 0 aromatic heterocycles. The van der Waals surface area contributed by atoms with Gasteiger partial charge in [0.05, 0.1) is 11.9 Å². The van der Waals surface area contributed by atoms with Crippen LogP contribution in [0, 0.1) is 5.92 Å². The monoisotopic (exact) mass is 396 g/mol. The van der Waals surface area contributed by atoms with E-state index in [9.17, 15) is 13.2 Å². The van der Waals surface area contributed by atoms with E-state index in [0.29, 0.717) is 37.5 Å². The Morgan fingerprint density at radius 1 is 1.11 bits per heavy atom. The molecule has 0 fully saturated rings. The summed E-state index contributed by atoms with van der Waals surface area (Å²) < 4.78 is 25.7. The molecule has 0 heterocycles. The normalized spacial score (nSPS) is 12.6. The lowest BCUT2D eigenvalue weighted by Crippen LogP contribution is -2.33. The molecule has 5 nitrogen and oxygen atoms in total. The zero-order chi connectivity index (χ0) is 20.3. The molecule has 1 rings (SSSR count).